The smallest absolute Gasteiger partial charge is 0.317 e. The van der Waals surface area contributed by atoms with Gasteiger partial charge in [-0.2, -0.15) is 4.31 Å². The molecule has 9 heteroatoms. The van der Waals surface area contributed by atoms with Crippen LogP contribution in [0.5, 0.6) is 5.75 Å². The lowest BCUT2D eigenvalue weighted by Gasteiger charge is -2.34. The molecule has 0 saturated carbocycles. The number of hydrogen-bond donors (Lipinski definition) is 1. The Labute approximate surface area is 170 Å². The molecule has 1 N–H and O–H groups in total. The van der Waals surface area contributed by atoms with Gasteiger partial charge in [-0.05, 0) is 36.8 Å². The van der Waals surface area contributed by atoms with E-state index in [4.69, 9.17) is 4.74 Å². The first kappa shape index (κ1) is 21.1. The van der Waals surface area contributed by atoms with Crippen molar-refractivity contribution in [2.45, 2.75) is 11.8 Å². The standard InChI is InChI=1S/C20H24FN3O4S/c1-16-5-4-6-17(15-16)28-14-9-22-20(25)23-10-12-24(13-11-23)29(26,27)19-8-3-2-7-18(19)21/h2-8,15H,9-14H2,1H3,(H,22,25). The molecule has 0 aromatic heterocycles. The van der Waals surface area contributed by atoms with Crippen LogP contribution in [0.2, 0.25) is 0 Å². The minimum atomic E-state index is -3.92. The molecule has 1 aliphatic heterocycles. The maximum Gasteiger partial charge on any atom is 0.317 e. The Bertz CT molecular complexity index is 960. The number of sulfonamides is 1. The van der Waals surface area contributed by atoms with Gasteiger partial charge >= 0.3 is 6.03 Å². The van der Waals surface area contributed by atoms with E-state index < -0.39 is 15.8 Å². The summed E-state index contributed by atoms with van der Waals surface area (Å²) < 4.78 is 45.9. The molecule has 0 atom stereocenters. The van der Waals surface area contributed by atoms with E-state index >= 15 is 0 Å². The lowest BCUT2D eigenvalue weighted by molar-refractivity contribution is 0.170. The van der Waals surface area contributed by atoms with Crippen molar-refractivity contribution in [1.82, 2.24) is 14.5 Å². The highest BCUT2D eigenvalue weighted by Gasteiger charge is 2.31. The van der Waals surface area contributed by atoms with Crippen LogP contribution in [0.4, 0.5) is 9.18 Å². The number of hydrogen-bond acceptors (Lipinski definition) is 4. The second-order valence-electron chi connectivity index (χ2n) is 6.72. The highest BCUT2D eigenvalue weighted by molar-refractivity contribution is 7.89. The molecule has 2 aromatic rings. The average Bonchev–Trinajstić information content (AvgIpc) is 2.71. The van der Waals surface area contributed by atoms with Crippen molar-refractivity contribution in [3.05, 3.63) is 59.9 Å². The lowest BCUT2D eigenvalue weighted by atomic mass is 10.2. The van der Waals surface area contributed by atoms with E-state index in [1.807, 2.05) is 31.2 Å². The number of amides is 2. The van der Waals surface area contributed by atoms with Crippen molar-refractivity contribution in [1.29, 1.82) is 0 Å². The lowest BCUT2D eigenvalue weighted by Crippen LogP contribution is -2.53. The fourth-order valence-corrected chi connectivity index (χ4v) is 4.56. The highest BCUT2D eigenvalue weighted by Crippen LogP contribution is 2.20. The van der Waals surface area contributed by atoms with Crippen LogP contribution in [-0.4, -0.2) is 63.0 Å². The van der Waals surface area contributed by atoms with Gasteiger partial charge < -0.3 is 15.0 Å². The van der Waals surface area contributed by atoms with Gasteiger partial charge in [0.25, 0.3) is 0 Å². The van der Waals surface area contributed by atoms with Crippen LogP contribution in [0.3, 0.4) is 0 Å². The third-order valence-corrected chi connectivity index (χ3v) is 6.55. The minimum Gasteiger partial charge on any atom is -0.492 e. The summed E-state index contributed by atoms with van der Waals surface area (Å²) >= 11 is 0. The molecule has 0 bridgehead atoms. The topological polar surface area (TPSA) is 79.0 Å². The molecule has 1 saturated heterocycles. The number of rotatable bonds is 6. The molecule has 1 fully saturated rings. The fraction of sp³-hybridized carbons (Fsp3) is 0.350. The minimum absolute atomic E-state index is 0.115. The molecular weight excluding hydrogens is 397 g/mol. The first-order chi connectivity index (χ1) is 13.9. The van der Waals surface area contributed by atoms with Crippen LogP contribution in [0.25, 0.3) is 0 Å². The number of halogens is 1. The summed E-state index contributed by atoms with van der Waals surface area (Å²) in [5.74, 6) is -0.0347. The third kappa shape index (κ3) is 5.24. The largest absolute Gasteiger partial charge is 0.492 e. The molecular formula is C20H24FN3O4S. The SMILES string of the molecule is Cc1cccc(OCCNC(=O)N2CCN(S(=O)(=O)c3ccccc3F)CC2)c1. The second kappa shape index (κ2) is 9.23. The van der Waals surface area contributed by atoms with Gasteiger partial charge in [0.05, 0.1) is 6.54 Å². The second-order valence-corrected chi connectivity index (χ2v) is 8.62. The predicted octanol–water partition coefficient (Wildman–Crippen LogP) is 2.23. The van der Waals surface area contributed by atoms with Crippen LogP contribution in [0.15, 0.2) is 53.4 Å². The number of nitrogens with zero attached hydrogens (tertiary/aromatic N) is 2. The summed E-state index contributed by atoms with van der Waals surface area (Å²) in [4.78, 5) is 13.5. The van der Waals surface area contributed by atoms with Gasteiger partial charge in [0, 0.05) is 26.2 Å². The monoisotopic (exact) mass is 421 g/mol. The number of carbonyl (C=O) groups is 1. The molecule has 0 aliphatic carbocycles. The van der Waals surface area contributed by atoms with Gasteiger partial charge in [-0.15, -0.1) is 0 Å². The number of piperazine rings is 1. The Morgan fingerprint density at radius 1 is 1.10 bits per heavy atom. The van der Waals surface area contributed by atoms with Crippen LogP contribution in [0.1, 0.15) is 5.56 Å². The Hall–Kier alpha value is -2.65. The van der Waals surface area contributed by atoms with E-state index in [0.29, 0.717) is 13.2 Å². The zero-order valence-electron chi connectivity index (χ0n) is 16.2. The number of carbonyl (C=O) groups excluding carboxylic acids is 1. The highest BCUT2D eigenvalue weighted by atomic mass is 32.2. The molecule has 2 aromatic carbocycles. The first-order valence-corrected chi connectivity index (χ1v) is 10.8. The number of aryl methyl sites for hydroxylation is 1. The number of urea groups is 1. The quantitative estimate of drug-likeness (QED) is 0.726. The van der Waals surface area contributed by atoms with Gasteiger partial charge in [0.1, 0.15) is 23.1 Å². The molecule has 7 nitrogen and oxygen atoms in total. The molecule has 29 heavy (non-hydrogen) atoms. The van der Waals surface area contributed by atoms with Crippen LogP contribution in [-0.2, 0) is 10.0 Å². The van der Waals surface area contributed by atoms with Crippen molar-refractivity contribution < 1.29 is 22.3 Å². The summed E-state index contributed by atoms with van der Waals surface area (Å²) in [5.41, 5.74) is 1.09. The molecule has 156 valence electrons. The maximum atomic E-state index is 13.9. The van der Waals surface area contributed by atoms with E-state index in [1.54, 1.807) is 4.90 Å². The van der Waals surface area contributed by atoms with Crippen molar-refractivity contribution in [2.75, 3.05) is 39.3 Å². The van der Waals surface area contributed by atoms with Gasteiger partial charge in [0.2, 0.25) is 10.0 Å². The fourth-order valence-electron chi connectivity index (χ4n) is 3.07. The van der Waals surface area contributed by atoms with Gasteiger partial charge in [-0.25, -0.2) is 17.6 Å². The Balaban J connectivity index is 1.45. The molecule has 0 radical (unpaired) electrons. The third-order valence-electron chi connectivity index (χ3n) is 4.62. The Morgan fingerprint density at radius 2 is 1.83 bits per heavy atom. The summed E-state index contributed by atoms with van der Waals surface area (Å²) in [6.07, 6.45) is 0. The first-order valence-electron chi connectivity index (χ1n) is 9.35. The molecule has 1 aliphatic rings. The normalized spacial score (nSPS) is 15.2. The summed E-state index contributed by atoms with van der Waals surface area (Å²) in [7, 11) is -3.92. The molecule has 2 amide bonds. The van der Waals surface area contributed by atoms with Crippen molar-refractivity contribution in [2.24, 2.45) is 0 Å². The zero-order valence-corrected chi connectivity index (χ0v) is 17.0. The number of ether oxygens (including phenoxy) is 1. The van der Waals surface area contributed by atoms with E-state index in [1.165, 1.54) is 22.5 Å². The van der Waals surface area contributed by atoms with Crippen LogP contribution >= 0.6 is 0 Å². The van der Waals surface area contributed by atoms with E-state index in [9.17, 15) is 17.6 Å². The van der Waals surface area contributed by atoms with E-state index in [2.05, 4.69) is 5.32 Å². The Morgan fingerprint density at radius 3 is 2.52 bits per heavy atom. The van der Waals surface area contributed by atoms with Gasteiger partial charge in [-0.3, -0.25) is 0 Å². The summed E-state index contributed by atoms with van der Waals surface area (Å²) in [6, 6.07) is 12.7. The van der Waals surface area contributed by atoms with E-state index in [0.717, 1.165) is 17.4 Å². The molecule has 3 rings (SSSR count). The zero-order chi connectivity index (χ0) is 20.9. The van der Waals surface area contributed by atoms with Gasteiger partial charge in [-0.1, -0.05) is 24.3 Å². The maximum absolute atomic E-state index is 13.9. The van der Waals surface area contributed by atoms with Gasteiger partial charge in [0.15, 0.2) is 0 Å². The van der Waals surface area contributed by atoms with E-state index in [-0.39, 0.29) is 37.1 Å². The van der Waals surface area contributed by atoms with Crippen LogP contribution < -0.4 is 10.1 Å². The van der Waals surface area contributed by atoms with Crippen molar-refractivity contribution >= 4 is 16.1 Å². The summed E-state index contributed by atoms with van der Waals surface area (Å²) in [6.45, 7) is 3.34. The van der Waals surface area contributed by atoms with Crippen molar-refractivity contribution in [3.63, 3.8) is 0 Å². The molecule has 0 spiro atoms. The van der Waals surface area contributed by atoms with Crippen molar-refractivity contribution in [3.8, 4) is 5.75 Å². The average molecular weight is 421 g/mol. The molecule has 0 unspecified atom stereocenters. The predicted molar refractivity (Wildman–Crippen MR) is 107 cm³/mol. The number of nitrogens with one attached hydrogen (secondary N) is 1. The Kier molecular flexibility index (Phi) is 6.71. The van der Waals surface area contributed by atoms with Crippen LogP contribution in [0, 0.1) is 12.7 Å². The molecule has 1 heterocycles. The number of benzene rings is 2. The summed E-state index contributed by atoms with van der Waals surface area (Å²) in [5, 5.41) is 2.77.